The molecule has 1 atom stereocenters. The summed E-state index contributed by atoms with van der Waals surface area (Å²) < 4.78 is 0. The molecule has 1 aromatic heterocycles. The fourth-order valence-electron chi connectivity index (χ4n) is 3.43. The molecule has 1 amide bonds. The Hall–Kier alpha value is -1.63. The third-order valence-corrected chi connectivity index (χ3v) is 6.52. The van der Waals surface area contributed by atoms with E-state index in [4.69, 9.17) is 33.0 Å². The number of amides is 1. The normalized spacial score (nSPS) is 20.4. The number of halogens is 2. The van der Waals surface area contributed by atoms with Gasteiger partial charge >= 0.3 is 0 Å². The number of oxime groups is 1. The van der Waals surface area contributed by atoms with E-state index in [1.807, 2.05) is 28.5 Å². The molecule has 1 unspecified atom stereocenters. The summed E-state index contributed by atoms with van der Waals surface area (Å²) in [6.07, 6.45) is 2.24. The molecule has 2 aromatic rings. The average molecular weight is 423 g/mol. The molecule has 1 fully saturated rings. The predicted octanol–water partition coefficient (Wildman–Crippen LogP) is 4.41. The van der Waals surface area contributed by atoms with Gasteiger partial charge in [-0.3, -0.25) is 4.79 Å². The van der Waals surface area contributed by atoms with Crippen molar-refractivity contribution >= 4 is 46.2 Å². The maximum absolute atomic E-state index is 11.7. The van der Waals surface area contributed by atoms with E-state index in [2.05, 4.69) is 11.2 Å². The van der Waals surface area contributed by atoms with Crippen LogP contribution in [0, 0.1) is 6.07 Å². The van der Waals surface area contributed by atoms with E-state index in [1.54, 1.807) is 11.3 Å². The lowest BCUT2D eigenvalue weighted by atomic mass is 9.97. The average Bonchev–Trinajstić information content (AvgIpc) is 3.37. The monoisotopic (exact) mass is 422 g/mol. The molecule has 4 rings (SSSR count). The van der Waals surface area contributed by atoms with Crippen LogP contribution in [0.3, 0.4) is 0 Å². The second-order valence-corrected chi connectivity index (χ2v) is 8.19. The molecule has 2 aliphatic rings. The van der Waals surface area contributed by atoms with Gasteiger partial charge in [0.1, 0.15) is 11.6 Å². The summed E-state index contributed by atoms with van der Waals surface area (Å²) >= 11 is 13.5. The molecule has 0 aliphatic carbocycles. The topological polar surface area (TPSA) is 54.8 Å². The van der Waals surface area contributed by atoms with Crippen molar-refractivity contribution in [1.82, 2.24) is 9.88 Å². The van der Waals surface area contributed by atoms with E-state index < -0.39 is 0 Å². The van der Waals surface area contributed by atoms with E-state index in [-0.39, 0.29) is 17.9 Å². The molecule has 141 valence electrons. The summed E-state index contributed by atoms with van der Waals surface area (Å²) in [7, 11) is 0. The Morgan fingerprint density at radius 3 is 2.96 bits per heavy atom. The Labute approximate surface area is 171 Å². The lowest BCUT2D eigenvalue weighted by molar-refractivity contribution is -0.129. The molecule has 0 bridgehead atoms. The van der Waals surface area contributed by atoms with Crippen molar-refractivity contribution in [3.63, 3.8) is 0 Å². The molecule has 1 aromatic carbocycles. The van der Waals surface area contributed by atoms with Crippen LogP contribution in [0.4, 0.5) is 0 Å². The number of nitrogens with zero attached hydrogens (tertiary/aromatic N) is 3. The van der Waals surface area contributed by atoms with Crippen molar-refractivity contribution in [3.8, 4) is 0 Å². The van der Waals surface area contributed by atoms with E-state index >= 15 is 0 Å². The molecular formula is C19H18Cl2N3O2S. The number of rotatable bonds is 4. The first-order valence-corrected chi connectivity index (χ1v) is 10.6. The van der Waals surface area contributed by atoms with E-state index in [0.29, 0.717) is 17.4 Å². The molecule has 1 saturated heterocycles. The van der Waals surface area contributed by atoms with Gasteiger partial charge in [0.2, 0.25) is 5.91 Å². The van der Waals surface area contributed by atoms with Crippen LogP contribution in [0.25, 0.3) is 0 Å². The number of alkyl halides is 1. The van der Waals surface area contributed by atoms with Crippen molar-refractivity contribution in [1.29, 1.82) is 0 Å². The van der Waals surface area contributed by atoms with Crippen LogP contribution in [0.2, 0.25) is 5.02 Å². The van der Waals surface area contributed by atoms with Crippen LogP contribution in [0.1, 0.15) is 47.5 Å². The molecule has 0 spiro atoms. The first-order chi connectivity index (χ1) is 13.2. The Morgan fingerprint density at radius 1 is 1.41 bits per heavy atom. The summed E-state index contributed by atoms with van der Waals surface area (Å²) in [5.41, 5.74) is 2.53. The van der Waals surface area contributed by atoms with Crippen LogP contribution in [0.15, 0.2) is 28.7 Å². The van der Waals surface area contributed by atoms with Gasteiger partial charge < -0.3 is 9.74 Å². The lowest BCUT2D eigenvalue weighted by Crippen LogP contribution is -2.38. The molecule has 2 aliphatic heterocycles. The van der Waals surface area contributed by atoms with Crippen molar-refractivity contribution in [2.75, 3.05) is 19.0 Å². The van der Waals surface area contributed by atoms with Gasteiger partial charge in [-0.15, -0.1) is 22.9 Å². The minimum absolute atomic E-state index is 0.00910. The molecule has 0 saturated carbocycles. The number of hydrogen-bond donors (Lipinski definition) is 0. The van der Waals surface area contributed by atoms with Crippen LogP contribution in [-0.4, -0.2) is 40.5 Å². The van der Waals surface area contributed by atoms with Gasteiger partial charge in [-0.1, -0.05) is 28.9 Å². The van der Waals surface area contributed by atoms with Crippen molar-refractivity contribution in [2.24, 2.45) is 5.16 Å². The van der Waals surface area contributed by atoms with Gasteiger partial charge in [-0.2, -0.15) is 0 Å². The summed E-state index contributed by atoms with van der Waals surface area (Å²) in [6, 6.07) is 8.64. The zero-order valence-electron chi connectivity index (χ0n) is 14.5. The fourth-order valence-corrected chi connectivity index (χ4v) is 4.85. The number of thiazole rings is 1. The first-order valence-electron chi connectivity index (χ1n) is 8.84. The van der Waals surface area contributed by atoms with E-state index in [0.717, 1.165) is 47.9 Å². The third kappa shape index (κ3) is 3.98. The number of likely N-dealkylation sites (tertiary alicyclic amines) is 1. The highest BCUT2D eigenvalue weighted by atomic mass is 35.5. The van der Waals surface area contributed by atoms with Gasteiger partial charge in [-0.05, 0) is 25.0 Å². The van der Waals surface area contributed by atoms with Gasteiger partial charge in [0, 0.05) is 41.4 Å². The van der Waals surface area contributed by atoms with Gasteiger partial charge in [0.15, 0.2) is 6.10 Å². The maximum Gasteiger partial charge on any atom is 0.237 e. The number of carbonyl (C=O) groups is 1. The molecule has 1 radical (unpaired) electrons. The number of hydrogen-bond acceptors (Lipinski definition) is 5. The minimum atomic E-state index is -0.219. The summed E-state index contributed by atoms with van der Waals surface area (Å²) in [5, 5.41) is 7.99. The lowest BCUT2D eigenvalue weighted by Gasteiger charge is -2.30. The van der Waals surface area contributed by atoms with Crippen LogP contribution < -0.4 is 0 Å². The van der Waals surface area contributed by atoms with Crippen molar-refractivity contribution < 1.29 is 9.63 Å². The van der Waals surface area contributed by atoms with E-state index in [1.165, 1.54) is 0 Å². The molecular weight excluding hydrogens is 405 g/mol. The highest BCUT2D eigenvalue weighted by Crippen LogP contribution is 2.35. The Bertz CT molecular complexity index is 862. The number of piperidine rings is 1. The van der Waals surface area contributed by atoms with Crippen LogP contribution >= 0.6 is 34.5 Å². The van der Waals surface area contributed by atoms with E-state index in [9.17, 15) is 4.79 Å². The SMILES string of the molecule is O=C(CCl)N1CCC(c2nc(C3=NOC(c4[c]cccc4Cl)C3)cs2)CC1. The number of benzene rings is 1. The molecule has 5 nitrogen and oxygen atoms in total. The zero-order chi connectivity index (χ0) is 18.8. The highest BCUT2D eigenvalue weighted by Gasteiger charge is 2.29. The molecule has 0 N–H and O–H groups in total. The zero-order valence-corrected chi connectivity index (χ0v) is 16.9. The second kappa shape index (κ2) is 8.17. The molecule has 27 heavy (non-hydrogen) atoms. The standard InChI is InChI=1S/C19H18Cl2N3O2S/c20-10-18(25)24-7-5-12(6-8-24)19-22-16(11-27-19)15-9-17(26-23-15)13-3-1-2-4-14(13)21/h1-2,4,11-12,17H,5-10H2. The Balaban J connectivity index is 1.39. The van der Waals surface area contributed by atoms with Crippen molar-refractivity contribution in [2.45, 2.75) is 31.3 Å². The summed E-state index contributed by atoms with van der Waals surface area (Å²) in [5.74, 6) is 0.434. The number of aromatic nitrogens is 1. The second-order valence-electron chi connectivity index (χ2n) is 6.63. The third-order valence-electron chi connectivity index (χ3n) is 4.95. The summed E-state index contributed by atoms with van der Waals surface area (Å²) in [6.45, 7) is 1.47. The number of carbonyl (C=O) groups excluding carboxylic acids is 1. The Morgan fingerprint density at radius 2 is 2.22 bits per heavy atom. The van der Waals surface area contributed by atoms with Gasteiger partial charge in [0.25, 0.3) is 0 Å². The van der Waals surface area contributed by atoms with Crippen LogP contribution in [-0.2, 0) is 9.63 Å². The predicted molar refractivity (Wildman–Crippen MR) is 107 cm³/mol. The maximum atomic E-state index is 11.7. The fraction of sp³-hybridized carbons (Fsp3) is 0.421. The smallest absolute Gasteiger partial charge is 0.237 e. The summed E-state index contributed by atoms with van der Waals surface area (Å²) in [4.78, 5) is 23.9. The first kappa shape index (κ1) is 18.7. The largest absolute Gasteiger partial charge is 0.387 e. The minimum Gasteiger partial charge on any atom is -0.387 e. The quantitative estimate of drug-likeness (QED) is 0.685. The van der Waals surface area contributed by atoms with Crippen molar-refractivity contribution in [3.05, 3.63) is 50.9 Å². The molecule has 8 heteroatoms. The highest BCUT2D eigenvalue weighted by molar-refractivity contribution is 7.10. The molecule has 3 heterocycles. The van der Waals surface area contributed by atoms with Gasteiger partial charge in [0.05, 0.1) is 10.7 Å². The Kier molecular flexibility index (Phi) is 5.66. The van der Waals surface area contributed by atoms with Gasteiger partial charge in [-0.25, -0.2) is 4.98 Å². The van der Waals surface area contributed by atoms with Crippen LogP contribution in [0.5, 0.6) is 0 Å².